The van der Waals surface area contributed by atoms with Crippen molar-refractivity contribution in [3.8, 4) is 6.07 Å². The quantitative estimate of drug-likeness (QED) is 0.669. The molecule has 2 atom stereocenters. The van der Waals surface area contributed by atoms with Crippen LogP contribution in [-0.2, 0) is 4.74 Å². The molecule has 0 N–H and O–H groups in total. The van der Waals surface area contributed by atoms with E-state index in [0.29, 0.717) is 0 Å². The SMILES string of the molecule is CCC(C#N)OC(C)C(F)(F)F. The molecule has 0 aliphatic rings. The molecule has 0 aromatic heterocycles. The number of ether oxygens (including phenoxy) is 1. The van der Waals surface area contributed by atoms with E-state index in [4.69, 9.17) is 5.26 Å². The van der Waals surface area contributed by atoms with Crippen molar-refractivity contribution < 1.29 is 17.9 Å². The Labute approximate surface area is 68.9 Å². The van der Waals surface area contributed by atoms with Gasteiger partial charge in [0, 0.05) is 0 Å². The van der Waals surface area contributed by atoms with Crippen LogP contribution >= 0.6 is 0 Å². The molecule has 0 saturated heterocycles. The molecule has 0 bridgehead atoms. The van der Waals surface area contributed by atoms with E-state index in [1.807, 2.05) is 0 Å². The van der Waals surface area contributed by atoms with Gasteiger partial charge in [-0.2, -0.15) is 18.4 Å². The van der Waals surface area contributed by atoms with Crippen molar-refractivity contribution in [2.45, 2.75) is 38.7 Å². The van der Waals surface area contributed by atoms with Crippen LogP contribution in [0.3, 0.4) is 0 Å². The van der Waals surface area contributed by atoms with Crippen LogP contribution in [0.4, 0.5) is 13.2 Å². The maximum Gasteiger partial charge on any atom is 0.414 e. The largest absolute Gasteiger partial charge is 0.414 e. The number of nitriles is 1. The Morgan fingerprint density at radius 2 is 2.00 bits per heavy atom. The molecule has 0 aromatic rings. The zero-order valence-corrected chi connectivity index (χ0v) is 6.85. The molecule has 0 aliphatic heterocycles. The van der Waals surface area contributed by atoms with Crippen LogP contribution in [0.5, 0.6) is 0 Å². The van der Waals surface area contributed by atoms with Gasteiger partial charge in [-0.25, -0.2) is 0 Å². The van der Waals surface area contributed by atoms with E-state index in [9.17, 15) is 13.2 Å². The van der Waals surface area contributed by atoms with Crippen LogP contribution in [0.2, 0.25) is 0 Å². The molecule has 0 heterocycles. The fourth-order valence-electron chi connectivity index (χ4n) is 0.541. The van der Waals surface area contributed by atoms with Gasteiger partial charge >= 0.3 is 6.18 Å². The van der Waals surface area contributed by atoms with Gasteiger partial charge in [-0.05, 0) is 13.3 Å². The fourth-order valence-corrected chi connectivity index (χ4v) is 0.541. The van der Waals surface area contributed by atoms with Gasteiger partial charge in [0.05, 0.1) is 6.07 Å². The van der Waals surface area contributed by atoms with Crippen molar-refractivity contribution in [1.82, 2.24) is 0 Å². The minimum absolute atomic E-state index is 0.261. The summed E-state index contributed by atoms with van der Waals surface area (Å²) in [5.41, 5.74) is 0. The summed E-state index contributed by atoms with van der Waals surface area (Å²) >= 11 is 0. The highest BCUT2D eigenvalue weighted by molar-refractivity contribution is 4.84. The van der Waals surface area contributed by atoms with Crippen molar-refractivity contribution in [3.63, 3.8) is 0 Å². The highest BCUT2D eigenvalue weighted by atomic mass is 19.4. The average molecular weight is 181 g/mol. The van der Waals surface area contributed by atoms with E-state index < -0.39 is 18.4 Å². The van der Waals surface area contributed by atoms with Crippen molar-refractivity contribution >= 4 is 0 Å². The first-order valence-corrected chi connectivity index (χ1v) is 3.53. The number of nitrogens with zero attached hydrogens (tertiary/aromatic N) is 1. The molecule has 0 radical (unpaired) electrons. The van der Waals surface area contributed by atoms with Gasteiger partial charge in [0.2, 0.25) is 0 Å². The van der Waals surface area contributed by atoms with Gasteiger partial charge in [-0.1, -0.05) is 6.92 Å². The Morgan fingerprint density at radius 3 is 2.25 bits per heavy atom. The van der Waals surface area contributed by atoms with E-state index in [1.54, 1.807) is 13.0 Å². The molecule has 0 fully saturated rings. The molecule has 70 valence electrons. The van der Waals surface area contributed by atoms with Crippen LogP contribution in [0, 0.1) is 11.3 Å². The lowest BCUT2D eigenvalue weighted by atomic mass is 10.3. The number of hydrogen-bond donors (Lipinski definition) is 0. The maximum atomic E-state index is 11.8. The lowest BCUT2D eigenvalue weighted by Crippen LogP contribution is -2.32. The van der Waals surface area contributed by atoms with E-state index in [2.05, 4.69) is 4.74 Å². The van der Waals surface area contributed by atoms with E-state index in [-0.39, 0.29) is 6.42 Å². The standard InChI is InChI=1S/C7H10F3NO/c1-3-6(4-11)12-5(2)7(8,9)10/h5-6H,3H2,1-2H3. The second kappa shape index (κ2) is 4.31. The zero-order valence-electron chi connectivity index (χ0n) is 6.85. The van der Waals surface area contributed by atoms with E-state index >= 15 is 0 Å². The smallest absolute Gasteiger partial charge is 0.351 e. The minimum atomic E-state index is -4.38. The maximum absolute atomic E-state index is 11.8. The summed E-state index contributed by atoms with van der Waals surface area (Å²) in [6.07, 6.45) is -6.97. The second-order valence-electron chi connectivity index (χ2n) is 2.35. The topological polar surface area (TPSA) is 33.0 Å². The van der Waals surface area contributed by atoms with Crippen molar-refractivity contribution in [2.75, 3.05) is 0 Å². The number of alkyl halides is 3. The molecular weight excluding hydrogens is 171 g/mol. The molecule has 2 unspecified atom stereocenters. The Balaban J connectivity index is 4.01. The summed E-state index contributed by atoms with van der Waals surface area (Å²) in [7, 11) is 0. The molecule has 0 amide bonds. The summed E-state index contributed by atoms with van der Waals surface area (Å²) in [6.45, 7) is 2.48. The Morgan fingerprint density at radius 1 is 1.50 bits per heavy atom. The minimum Gasteiger partial charge on any atom is -0.351 e. The molecule has 5 heteroatoms. The summed E-state index contributed by atoms with van der Waals surface area (Å²) in [5.74, 6) is 0. The third-order valence-corrected chi connectivity index (χ3v) is 1.34. The molecular formula is C7H10F3NO. The summed E-state index contributed by atoms with van der Waals surface area (Å²) in [5, 5.41) is 8.30. The molecule has 2 nitrogen and oxygen atoms in total. The van der Waals surface area contributed by atoms with Crippen molar-refractivity contribution in [3.05, 3.63) is 0 Å². The monoisotopic (exact) mass is 181 g/mol. The van der Waals surface area contributed by atoms with Gasteiger partial charge in [0.15, 0.2) is 6.10 Å². The van der Waals surface area contributed by atoms with Crippen LogP contribution in [-0.4, -0.2) is 18.4 Å². The Hall–Kier alpha value is -0.760. The first-order chi connectivity index (χ1) is 5.41. The number of rotatable bonds is 3. The lowest BCUT2D eigenvalue weighted by molar-refractivity contribution is -0.221. The summed E-state index contributed by atoms with van der Waals surface area (Å²) in [6, 6.07) is 1.63. The van der Waals surface area contributed by atoms with Gasteiger partial charge in [0.1, 0.15) is 6.10 Å². The predicted octanol–water partition coefficient (Wildman–Crippen LogP) is 2.26. The van der Waals surface area contributed by atoms with Gasteiger partial charge in [-0.3, -0.25) is 0 Å². The Kier molecular flexibility index (Phi) is 4.04. The predicted molar refractivity (Wildman–Crippen MR) is 36.3 cm³/mol. The molecule has 0 rings (SSSR count). The summed E-state index contributed by atoms with van der Waals surface area (Å²) in [4.78, 5) is 0. The van der Waals surface area contributed by atoms with Crippen molar-refractivity contribution in [2.24, 2.45) is 0 Å². The first kappa shape index (κ1) is 11.2. The number of hydrogen-bond acceptors (Lipinski definition) is 2. The zero-order chi connectivity index (χ0) is 9.78. The second-order valence-corrected chi connectivity index (χ2v) is 2.35. The first-order valence-electron chi connectivity index (χ1n) is 3.53. The average Bonchev–Trinajstić information content (AvgIpc) is 1.97. The fraction of sp³-hybridized carbons (Fsp3) is 0.857. The number of halogens is 3. The third-order valence-electron chi connectivity index (χ3n) is 1.34. The lowest BCUT2D eigenvalue weighted by Gasteiger charge is -2.18. The molecule has 0 aromatic carbocycles. The van der Waals surface area contributed by atoms with Crippen LogP contribution in [0.1, 0.15) is 20.3 Å². The molecule has 12 heavy (non-hydrogen) atoms. The van der Waals surface area contributed by atoms with Crippen LogP contribution in [0.15, 0.2) is 0 Å². The normalized spacial score (nSPS) is 16.7. The van der Waals surface area contributed by atoms with Crippen LogP contribution in [0.25, 0.3) is 0 Å². The third kappa shape index (κ3) is 3.58. The Bertz CT molecular complexity index is 172. The van der Waals surface area contributed by atoms with Gasteiger partial charge in [0.25, 0.3) is 0 Å². The van der Waals surface area contributed by atoms with Gasteiger partial charge in [-0.15, -0.1) is 0 Å². The van der Waals surface area contributed by atoms with E-state index in [0.717, 1.165) is 6.92 Å². The summed E-state index contributed by atoms with van der Waals surface area (Å²) < 4.78 is 40.0. The van der Waals surface area contributed by atoms with Crippen LogP contribution < -0.4 is 0 Å². The van der Waals surface area contributed by atoms with Crippen molar-refractivity contribution in [1.29, 1.82) is 5.26 Å². The van der Waals surface area contributed by atoms with Gasteiger partial charge < -0.3 is 4.74 Å². The molecule has 0 saturated carbocycles. The molecule has 0 spiro atoms. The highest BCUT2D eigenvalue weighted by Gasteiger charge is 2.38. The molecule has 0 aliphatic carbocycles. The van der Waals surface area contributed by atoms with E-state index in [1.165, 1.54) is 0 Å². The highest BCUT2D eigenvalue weighted by Crippen LogP contribution is 2.23.